The number of fused-ring (bicyclic) bond motifs is 1. The fourth-order valence-electron chi connectivity index (χ4n) is 3.89. The predicted molar refractivity (Wildman–Crippen MR) is 112 cm³/mol. The summed E-state index contributed by atoms with van der Waals surface area (Å²) in [4.78, 5) is 30.9. The van der Waals surface area contributed by atoms with Crippen LogP contribution in [0.1, 0.15) is 31.0 Å². The summed E-state index contributed by atoms with van der Waals surface area (Å²) in [5.74, 6) is 1.21. The Kier molecular flexibility index (Phi) is 5.05. The summed E-state index contributed by atoms with van der Waals surface area (Å²) in [6.07, 6.45) is 1.34. The lowest BCUT2D eigenvalue weighted by molar-refractivity contribution is -0.132. The fraction of sp³-hybridized carbons (Fsp3) is 0.364. The molecule has 1 aliphatic rings. The van der Waals surface area contributed by atoms with Crippen molar-refractivity contribution in [3.05, 3.63) is 47.7 Å². The molecule has 1 N–H and O–H groups in total. The van der Waals surface area contributed by atoms with E-state index in [4.69, 9.17) is 4.98 Å². The maximum absolute atomic E-state index is 12.8. The molecule has 0 radical (unpaired) electrons. The number of aryl methyl sites for hydroxylation is 2. The van der Waals surface area contributed by atoms with Gasteiger partial charge in [-0.1, -0.05) is 18.2 Å². The molecular formula is C22H25N5O2. The summed E-state index contributed by atoms with van der Waals surface area (Å²) in [5, 5.41) is 8.68. The van der Waals surface area contributed by atoms with Gasteiger partial charge in [0.15, 0.2) is 5.82 Å². The van der Waals surface area contributed by atoms with Crippen LogP contribution in [-0.2, 0) is 9.59 Å². The first-order valence-electron chi connectivity index (χ1n) is 9.92. The number of aromatic nitrogens is 3. The number of piperidine rings is 1. The zero-order valence-electron chi connectivity index (χ0n) is 17.0. The quantitative estimate of drug-likeness (QED) is 0.743. The lowest BCUT2D eigenvalue weighted by Crippen LogP contribution is -2.40. The molecule has 3 aromatic rings. The van der Waals surface area contributed by atoms with Crippen LogP contribution < -0.4 is 5.32 Å². The molecule has 1 aromatic carbocycles. The number of nitrogens with one attached hydrogen (secondary N) is 1. The molecule has 0 saturated carbocycles. The molecule has 1 aliphatic heterocycles. The fourth-order valence-corrected chi connectivity index (χ4v) is 3.89. The van der Waals surface area contributed by atoms with Crippen LogP contribution in [0.25, 0.3) is 16.7 Å². The minimum atomic E-state index is -0.111. The number of para-hydroxylation sites is 1. The molecule has 0 unspecified atom stereocenters. The van der Waals surface area contributed by atoms with Crippen molar-refractivity contribution in [1.29, 1.82) is 0 Å². The number of pyridine rings is 1. The van der Waals surface area contributed by atoms with E-state index in [9.17, 15) is 9.59 Å². The van der Waals surface area contributed by atoms with E-state index in [1.807, 2.05) is 50.2 Å². The van der Waals surface area contributed by atoms with Crippen molar-refractivity contribution in [3.8, 4) is 5.82 Å². The Balaban J connectivity index is 1.58. The Hall–Kier alpha value is -3.22. The Morgan fingerprint density at radius 1 is 1.10 bits per heavy atom. The molecule has 2 aromatic heterocycles. The highest BCUT2D eigenvalue weighted by atomic mass is 16.2. The Morgan fingerprint density at radius 3 is 2.55 bits per heavy atom. The number of carbonyl (C=O) groups is 2. The molecule has 0 atom stereocenters. The van der Waals surface area contributed by atoms with Crippen molar-refractivity contribution in [3.63, 3.8) is 0 Å². The Bertz CT molecular complexity index is 1080. The van der Waals surface area contributed by atoms with Gasteiger partial charge in [-0.2, -0.15) is 9.78 Å². The molecule has 7 heteroatoms. The molecule has 7 nitrogen and oxygen atoms in total. The first-order valence-corrected chi connectivity index (χ1v) is 9.92. The van der Waals surface area contributed by atoms with E-state index in [1.165, 1.54) is 0 Å². The number of likely N-dealkylation sites (tertiary alicyclic amines) is 1. The van der Waals surface area contributed by atoms with E-state index in [0.717, 1.165) is 22.2 Å². The van der Waals surface area contributed by atoms with Gasteiger partial charge in [-0.3, -0.25) is 9.59 Å². The van der Waals surface area contributed by atoms with Crippen molar-refractivity contribution in [2.24, 2.45) is 5.92 Å². The van der Waals surface area contributed by atoms with Gasteiger partial charge < -0.3 is 10.2 Å². The zero-order chi connectivity index (χ0) is 20.5. The van der Waals surface area contributed by atoms with Crippen molar-refractivity contribution in [1.82, 2.24) is 19.7 Å². The van der Waals surface area contributed by atoms with Gasteiger partial charge in [0.05, 0.1) is 11.2 Å². The van der Waals surface area contributed by atoms with Gasteiger partial charge in [0.25, 0.3) is 0 Å². The number of nitrogens with zero attached hydrogens (tertiary/aromatic N) is 4. The van der Waals surface area contributed by atoms with Crippen molar-refractivity contribution in [2.75, 3.05) is 18.4 Å². The minimum absolute atomic E-state index is 0.0353. The number of benzene rings is 1. The van der Waals surface area contributed by atoms with Gasteiger partial charge in [-0.05, 0) is 44.4 Å². The molecule has 29 heavy (non-hydrogen) atoms. The van der Waals surface area contributed by atoms with E-state index in [-0.39, 0.29) is 17.7 Å². The number of anilines is 1. The largest absolute Gasteiger partial charge is 0.343 e. The summed E-state index contributed by atoms with van der Waals surface area (Å²) < 4.78 is 1.69. The molecule has 4 rings (SSSR count). The SMILES string of the molecule is CC(=O)N1CCC(C(=O)Nc2cc(C)nn2-c2cc(C)c3ccccc3n2)CC1. The normalized spacial score (nSPS) is 14.9. The molecule has 0 spiro atoms. The second kappa shape index (κ2) is 7.66. The standard InChI is InChI=1S/C22H25N5O2/c1-14-12-20(23-19-7-5-4-6-18(14)19)27-21(13-15(2)25-27)24-22(29)17-8-10-26(11-9-17)16(3)28/h4-7,12-13,17H,8-11H2,1-3H3,(H,24,29). The topological polar surface area (TPSA) is 80.1 Å². The van der Waals surface area contributed by atoms with Crippen molar-refractivity contribution < 1.29 is 9.59 Å². The van der Waals surface area contributed by atoms with Gasteiger partial charge in [0.1, 0.15) is 5.82 Å². The van der Waals surface area contributed by atoms with E-state index in [2.05, 4.69) is 10.4 Å². The van der Waals surface area contributed by atoms with Crippen LogP contribution in [0.4, 0.5) is 5.82 Å². The van der Waals surface area contributed by atoms with Crippen LogP contribution in [0.5, 0.6) is 0 Å². The molecular weight excluding hydrogens is 366 g/mol. The molecule has 0 bridgehead atoms. The number of hydrogen-bond donors (Lipinski definition) is 1. The summed E-state index contributed by atoms with van der Waals surface area (Å²) in [6.45, 7) is 6.75. The summed E-state index contributed by atoms with van der Waals surface area (Å²) >= 11 is 0. The van der Waals surface area contributed by atoms with Crippen molar-refractivity contribution in [2.45, 2.75) is 33.6 Å². The van der Waals surface area contributed by atoms with Gasteiger partial charge in [-0.15, -0.1) is 0 Å². The Morgan fingerprint density at radius 2 is 1.83 bits per heavy atom. The van der Waals surface area contributed by atoms with E-state index < -0.39 is 0 Å². The van der Waals surface area contributed by atoms with E-state index >= 15 is 0 Å². The van der Waals surface area contributed by atoms with Crippen LogP contribution in [0.2, 0.25) is 0 Å². The highest BCUT2D eigenvalue weighted by Crippen LogP contribution is 2.24. The maximum atomic E-state index is 12.8. The predicted octanol–water partition coefficient (Wildman–Crippen LogP) is 3.23. The van der Waals surface area contributed by atoms with Crippen LogP contribution in [0.3, 0.4) is 0 Å². The summed E-state index contributed by atoms with van der Waals surface area (Å²) in [6, 6.07) is 11.8. The number of rotatable bonds is 3. The zero-order valence-corrected chi connectivity index (χ0v) is 17.0. The first-order chi connectivity index (χ1) is 13.9. The maximum Gasteiger partial charge on any atom is 0.228 e. The van der Waals surface area contributed by atoms with E-state index in [1.54, 1.807) is 16.5 Å². The summed E-state index contributed by atoms with van der Waals surface area (Å²) in [7, 11) is 0. The molecule has 150 valence electrons. The average Bonchev–Trinajstić information content (AvgIpc) is 3.08. The molecule has 1 fully saturated rings. The second-order valence-electron chi connectivity index (χ2n) is 7.67. The number of hydrogen-bond acceptors (Lipinski definition) is 4. The molecule has 2 amide bonds. The average molecular weight is 391 g/mol. The van der Waals surface area contributed by atoms with Crippen LogP contribution in [-0.4, -0.2) is 44.6 Å². The number of carbonyl (C=O) groups excluding carboxylic acids is 2. The lowest BCUT2D eigenvalue weighted by atomic mass is 9.96. The van der Waals surface area contributed by atoms with Gasteiger partial charge in [0, 0.05) is 37.4 Å². The van der Waals surface area contributed by atoms with Gasteiger partial charge >= 0.3 is 0 Å². The molecule has 0 aliphatic carbocycles. The van der Waals surface area contributed by atoms with E-state index in [0.29, 0.717) is 37.6 Å². The lowest BCUT2D eigenvalue weighted by Gasteiger charge is -2.30. The third-order valence-corrected chi connectivity index (χ3v) is 5.52. The third kappa shape index (κ3) is 3.85. The van der Waals surface area contributed by atoms with Gasteiger partial charge in [-0.25, -0.2) is 4.98 Å². The summed E-state index contributed by atoms with van der Waals surface area (Å²) in [5.41, 5.74) is 2.80. The third-order valence-electron chi connectivity index (χ3n) is 5.52. The first kappa shape index (κ1) is 19.1. The van der Waals surface area contributed by atoms with Crippen LogP contribution in [0, 0.1) is 19.8 Å². The molecule has 1 saturated heterocycles. The van der Waals surface area contributed by atoms with Gasteiger partial charge in [0.2, 0.25) is 11.8 Å². The number of amides is 2. The molecule has 3 heterocycles. The van der Waals surface area contributed by atoms with Crippen LogP contribution in [0.15, 0.2) is 36.4 Å². The van der Waals surface area contributed by atoms with Crippen LogP contribution >= 0.6 is 0 Å². The smallest absolute Gasteiger partial charge is 0.228 e. The highest BCUT2D eigenvalue weighted by molar-refractivity contribution is 5.92. The monoisotopic (exact) mass is 391 g/mol. The Labute approximate surface area is 169 Å². The van der Waals surface area contributed by atoms with Crippen molar-refractivity contribution >= 4 is 28.5 Å². The highest BCUT2D eigenvalue weighted by Gasteiger charge is 2.27. The second-order valence-corrected chi connectivity index (χ2v) is 7.67. The minimum Gasteiger partial charge on any atom is -0.343 e.